The van der Waals surface area contributed by atoms with E-state index in [1.807, 2.05) is 0 Å². The Morgan fingerprint density at radius 2 is 2.33 bits per heavy atom. The number of aromatic nitrogens is 2. The maximum Gasteiger partial charge on any atom is 0.234 e. The molecule has 0 spiro atoms. The summed E-state index contributed by atoms with van der Waals surface area (Å²) >= 11 is 0. The summed E-state index contributed by atoms with van der Waals surface area (Å²) in [4.78, 5) is 4.71. The molecular weight excluding hydrogens is 230 g/mol. The number of ether oxygens (including phenoxy) is 1. The summed E-state index contributed by atoms with van der Waals surface area (Å²) < 4.78 is 11.0. The van der Waals surface area contributed by atoms with Crippen LogP contribution in [0.1, 0.15) is 43.3 Å². The third-order valence-corrected chi connectivity index (χ3v) is 4.95. The van der Waals surface area contributed by atoms with Crippen LogP contribution in [0.2, 0.25) is 0 Å². The van der Waals surface area contributed by atoms with Crippen LogP contribution in [-0.4, -0.2) is 36.4 Å². The summed E-state index contributed by atoms with van der Waals surface area (Å²) in [6.07, 6.45) is 4.79. The Hall–Kier alpha value is -0.940. The number of rotatable bonds is 2. The van der Waals surface area contributed by atoms with Gasteiger partial charge in [-0.05, 0) is 31.7 Å². The van der Waals surface area contributed by atoms with Crippen molar-refractivity contribution in [2.75, 3.05) is 26.3 Å². The summed E-state index contributed by atoms with van der Waals surface area (Å²) in [5.41, 5.74) is 0.130. The van der Waals surface area contributed by atoms with Gasteiger partial charge in [0.1, 0.15) is 0 Å². The van der Waals surface area contributed by atoms with Crippen molar-refractivity contribution in [1.29, 1.82) is 0 Å². The number of hydrogen-bond donors (Lipinski definition) is 1. The highest BCUT2D eigenvalue weighted by atomic mass is 16.5. The van der Waals surface area contributed by atoms with Crippen molar-refractivity contribution in [2.24, 2.45) is 5.92 Å². The average molecular weight is 249 g/mol. The first-order chi connectivity index (χ1) is 8.88. The average Bonchev–Trinajstić information content (AvgIpc) is 3.13. The second kappa shape index (κ2) is 4.03. The minimum atomic E-state index is 0.130. The fourth-order valence-electron chi connectivity index (χ4n) is 3.84. The molecule has 3 fully saturated rings. The van der Waals surface area contributed by atoms with Gasteiger partial charge in [0, 0.05) is 19.1 Å². The van der Waals surface area contributed by atoms with Gasteiger partial charge in [-0.2, -0.15) is 4.98 Å². The smallest absolute Gasteiger partial charge is 0.234 e. The zero-order chi connectivity index (χ0) is 12.0. The molecular formula is C13H19N3O2. The normalized spacial score (nSPS) is 39.3. The van der Waals surface area contributed by atoms with E-state index in [-0.39, 0.29) is 5.41 Å². The third kappa shape index (κ3) is 1.47. The fourth-order valence-corrected chi connectivity index (χ4v) is 3.84. The van der Waals surface area contributed by atoms with Gasteiger partial charge >= 0.3 is 0 Å². The molecule has 0 bridgehead atoms. The number of nitrogens with zero attached hydrogens (tertiary/aromatic N) is 2. The van der Waals surface area contributed by atoms with E-state index in [2.05, 4.69) is 10.5 Å². The number of fused-ring (bicyclic) bond motifs is 1. The molecule has 1 saturated carbocycles. The van der Waals surface area contributed by atoms with Crippen molar-refractivity contribution in [3.63, 3.8) is 0 Å². The zero-order valence-electron chi connectivity index (χ0n) is 10.5. The fraction of sp³-hybridized carbons (Fsp3) is 0.846. The second-order valence-electron chi connectivity index (χ2n) is 5.89. The summed E-state index contributed by atoms with van der Waals surface area (Å²) in [5, 5.41) is 7.69. The van der Waals surface area contributed by atoms with E-state index in [0.717, 1.165) is 44.4 Å². The molecule has 3 aliphatic rings. The van der Waals surface area contributed by atoms with E-state index < -0.39 is 0 Å². The molecule has 5 heteroatoms. The molecule has 1 unspecified atom stereocenters. The van der Waals surface area contributed by atoms with Crippen molar-refractivity contribution < 1.29 is 9.26 Å². The Kier molecular flexibility index (Phi) is 2.45. The quantitative estimate of drug-likeness (QED) is 0.853. The highest BCUT2D eigenvalue weighted by Crippen LogP contribution is 2.47. The topological polar surface area (TPSA) is 60.2 Å². The SMILES string of the molecule is C1C[C@@H]2CNC[C@]2(c2nc(C3CCOC3)no2)C1. The molecule has 1 aromatic rings. The van der Waals surface area contributed by atoms with Crippen molar-refractivity contribution in [1.82, 2.24) is 15.5 Å². The Bertz CT molecular complexity index is 429. The summed E-state index contributed by atoms with van der Waals surface area (Å²) in [5.74, 6) is 2.75. The van der Waals surface area contributed by atoms with Gasteiger partial charge in [0.15, 0.2) is 5.82 Å². The van der Waals surface area contributed by atoms with Crippen LogP contribution in [0.15, 0.2) is 4.52 Å². The van der Waals surface area contributed by atoms with Crippen LogP contribution < -0.4 is 5.32 Å². The van der Waals surface area contributed by atoms with Gasteiger partial charge in [-0.1, -0.05) is 11.6 Å². The highest BCUT2D eigenvalue weighted by molar-refractivity contribution is 5.17. The van der Waals surface area contributed by atoms with Crippen LogP contribution in [0.25, 0.3) is 0 Å². The molecule has 1 aromatic heterocycles. The lowest BCUT2D eigenvalue weighted by molar-refractivity contribution is 0.192. The molecule has 3 heterocycles. The second-order valence-corrected chi connectivity index (χ2v) is 5.89. The first-order valence-corrected chi connectivity index (χ1v) is 7.01. The zero-order valence-corrected chi connectivity index (χ0v) is 10.5. The predicted molar refractivity (Wildman–Crippen MR) is 64.4 cm³/mol. The standard InChI is InChI=1S/C13H19N3O2/c1-2-10-6-14-8-13(10,4-1)12-15-11(16-18-12)9-3-5-17-7-9/h9-10,14H,1-8H2/t9?,10-,13-/m1/s1. The van der Waals surface area contributed by atoms with Gasteiger partial charge < -0.3 is 14.6 Å². The van der Waals surface area contributed by atoms with Crippen LogP contribution in [0.5, 0.6) is 0 Å². The molecule has 98 valence electrons. The first-order valence-electron chi connectivity index (χ1n) is 7.01. The van der Waals surface area contributed by atoms with Gasteiger partial charge in [0.2, 0.25) is 5.89 Å². The monoisotopic (exact) mass is 249 g/mol. The van der Waals surface area contributed by atoms with E-state index in [1.165, 1.54) is 19.3 Å². The third-order valence-electron chi connectivity index (χ3n) is 4.95. The van der Waals surface area contributed by atoms with Gasteiger partial charge in [0.25, 0.3) is 0 Å². The van der Waals surface area contributed by atoms with Crippen molar-refractivity contribution in [3.8, 4) is 0 Å². The van der Waals surface area contributed by atoms with E-state index in [1.54, 1.807) is 0 Å². The summed E-state index contributed by atoms with van der Waals surface area (Å²) in [7, 11) is 0. The molecule has 0 amide bonds. The lowest BCUT2D eigenvalue weighted by Crippen LogP contribution is -2.31. The van der Waals surface area contributed by atoms with Gasteiger partial charge in [0.05, 0.1) is 12.0 Å². The molecule has 0 radical (unpaired) electrons. The van der Waals surface area contributed by atoms with E-state index >= 15 is 0 Å². The van der Waals surface area contributed by atoms with Gasteiger partial charge in [-0.3, -0.25) is 0 Å². The number of nitrogens with one attached hydrogen (secondary N) is 1. The van der Waals surface area contributed by atoms with Gasteiger partial charge in [-0.15, -0.1) is 0 Å². The lowest BCUT2D eigenvalue weighted by atomic mass is 9.80. The summed E-state index contributed by atoms with van der Waals surface area (Å²) in [6.45, 7) is 3.67. The Balaban J connectivity index is 1.64. The minimum Gasteiger partial charge on any atom is -0.381 e. The van der Waals surface area contributed by atoms with E-state index in [4.69, 9.17) is 14.2 Å². The molecule has 18 heavy (non-hydrogen) atoms. The molecule has 1 N–H and O–H groups in total. The van der Waals surface area contributed by atoms with Crippen molar-refractivity contribution in [2.45, 2.75) is 37.0 Å². The molecule has 5 nitrogen and oxygen atoms in total. The maximum absolute atomic E-state index is 5.61. The van der Waals surface area contributed by atoms with Crippen molar-refractivity contribution >= 4 is 0 Å². The Morgan fingerprint density at radius 1 is 1.33 bits per heavy atom. The summed E-state index contributed by atoms with van der Waals surface area (Å²) in [6, 6.07) is 0. The Labute approximate surface area is 106 Å². The maximum atomic E-state index is 5.61. The van der Waals surface area contributed by atoms with E-state index in [9.17, 15) is 0 Å². The molecule has 2 saturated heterocycles. The molecule has 2 aliphatic heterocycles. The molecule has 3 atom stereocenters. The first kappa shape index (κ1) is 10.9. The van der Waals surface area contributed by atoms with Crippen LogP contribution in [0, 0.1) is 5.92 Å². The number of hydrogen-bond acceptors (Lipinski definition) is 5. The highest BCUT2D eigenvalue weighted by Gasteiger charge is 2.51. The molecule has 0 aromatic carbocycles. The largest absolute Gasteiger partial charge is 0.381 e. The van der Waals surface area contributed by atoms with Crippen LogP contribution in [0.4, 0.5) is 0 Å². The lowest BCUT2D eigenvalue weighted by Gasteiger charge is -2.23. The molecule has 4 rings (SSSR count). The van der Waals surface area contributed by atoms with E-state index in [0.29, 0.717) is 11.8 Å². The minimum absolute atomic E-state index is 0.130. The predicted octanol–water partition coefficient (Wildman–Crippen LogP) is 1.21. The Morgan fingerprint density at radius 3 is 3.22 bits per heavy atom. The van der Waals surface area contributed by atoms with Crippen LogP contribution in [0.3, 0.4) is 0 Å². The van der Waals surface area contributed by atoms with Crippen molar-refractivity contribution in [3.05, 3.63) is 11.7 Å². The van der Waals surface area contributed by atoms with Crippen LogP contribution >= 0.6 is 0 Å². The van der Waals surface area contributed by atoms with Crippen LogP contribution in [-0.2, 0) is 10.2 Å². The van der Waals surface area contributed by atoms with Gasteiger partial charge in [-0.25, -0.2) is 0 Å². The molecule has 1 aliphatic carbocycles.